The van der Waals surface area contributed by atoms with Crippen LogP contribution in [0.1, 0.15) is 63.4 Å². The van der Waals surface area contributed by atoms with Crippen LogP contribution in [0.15, 0.2) is 98.8 Å². The number of benzene rings is 2. The van der Waals surface area contributed by atoms with Crippen LogP contribution >= 0.6 is 0 Å². The maximum Gasteiger partial charge on any atom is 0.360 e. The van der Waals surface area contributed by atoms with Gasteiger partial charge < -0.3 is 19.6 Å². The fraction of sp³-hybridized carbons (Fsp3) is 0.222. The van der Waals surface area contributed by atoms with Gasteiger partial charge >= 0.3 is 5.97 Å². The zero-order valence-electron chi connectivity index (χ0n) is 21.9. The van der Waals surface area contributed by atoms with E-state index in [1.807, 2.05) is 0 Å². The van der Waals surface area contributed by atoms with E-state index in [1.54, 1.807) is 55.5 Å². The van der Waals surface area contributed by atoms with E-state index >= 15 is 0 Å². The number of aromatic nitrogens is 5. The largest absolute Gasteiger partial charge is 0.461 e. The van der Waals surface area contributed by atoms with Crippen molar-refractivity contribution in [2.75, 3.05) is 6.61 Å². The molecule has 0 saturated carbocycles. The van der Waals surface area contributed by atoms with Gasteiger partial charge in [-0.1, -0.05) is 69.3 Å². The number of esters is 1. The Hall–Kier alpha value is -5.27. The molecule has 41 heavy (non-hydrogen) atoms. The van der Waals surface area contributed by atoms with E-state index in [0.29, 0.717) is 24.2 Å². The summed E-state index contributed by atoms with van der Waals surface area (Å²) in [4.78, 5) is 11.5. The third-order valence-electron chi connectivity index (χ3n) is 5.68. The monoisotopic (exact) mass is 564 g/mol. The lowest BCUT2D eigenvalue weighted by Gasteiger charge is -2.06. The highest BCUT2D eigenvalue weighted by atomic mass is 19.1. The first kappa shape index (κ1) is 28.7. The third-order valence-corrected chi connectivity index (χ3v) is 5.68. The van der Waals surface area contributed by atoms with Crippen LogP contribution in [-0.2, 0) is 17.8 Å². The molecule has 12 nitrogen and oxygen atoms in total. The maximum atomic E-state index is 14.2. The van der Waals surface area contributed by atoms with E-state index in [1.165, 1.54) is 35.5 Å². The predicted octanol–water partition coefficient (Wildman–Crippen LogP) is 5.11. The minimum absolute atomic E-state index is 0.156. The molecule has 5 aromatic rings. The second kappa shape index (κ2) is 14.2. The summed E-state index contributed by atoms with van der Waals surface area (Å²) in [5.41, 5.74) is 3.47. The summed E-state index contributed by atoms with van der Waals surface area (Å²) in [6.45, 7) is 2.80. The van der Waals surface area contributed by atoms with Crippen LogP contribution in [-0.4, -0.2) is 37.9 Å². The van der Waals surface area contributed by atoms with Crippen LogP contribution in [0, 0.1) is 0 Å². The molecule has 14 heteroatoms. The second-order valence-corrected chi connectivity index (χ2v) is 8.49. The van der Waals surface area contributed by atoms with Gasteiger partial charge in [-0.15, -0.1) is 5.10 Å². The van der Waals surface area contributed by atoms with E-state index in [-0.39, 0.29) is 23.7 Å². The van der Waals surface area contributed by atoms with Crippen molar-refractivity contribution in [2.45, 2.75) is 32.4 Å². The van der Waals surface area contributed by atoms with Crippen molar-refractivity contribution in [3.63, 3.8) is 0 Å². The van der Waals surface area contributed by atoms with Gasteiger partial charge in [0.25, 0.3) is 0 Å². The van der Waals surface area contributed by atoms with E-state index < -0.39 is 18.3 Å². The summed E-state index contributed by atoms with van der Waals surface area (Å²) in [7, 11) is 0. The van der Waals surface area contributed by atoms with Crippen molar-refractivity contribution in [1.82, 2.24) is 25.3 Å². The van der Waals surface area contributed by atoms with Gasteiger partial charge in [-0.2, -0.15) is 5.11 Å². The minimum atomic E-state index is -1.33. The Balaban J connectivity index is 0.000000201. The van der Waals surface area contributed by atoms with E-state index in [0.717, 1.165) is 11.1 Å². The highest BCUT2D eigenvalue weighted by Crippen LogP contribution is 2.26. The average molecular weight is 565 g/mol. The summed E-state index contributed by atoms with van der Waals surface area (Å²) in [6, 6.07) is 16.8. The zero-order valence-corrected chi connectivity index (χ0v) is 21.9. The molecule has 0 aliphatic carbocycles. The molecular formula is C27H26F2N8O4. The van der Waals surface area contributed by atoms with Crippen molar-refractivity contribution < 1.29 is 27.4 Å². The van der Waals surface area contributed by atoms with Crippen LogP contribution in [0.4, 0.5) is 8.78 Å². The number of nitrogens with zero attached hydrogens (tertiary/aromatic N) is 7. The quantitative estimate of drug-likeness (QED) is 0.105. The molecule has 2 unspecified atom stereocenters. The van der Waals surface area contributed by atoms with Crippen molar-refractivity contribution in [3.8, 4) is 0 Å². The first-order chi connectivity index (χ1) is 20.0. The number of hydrogen-bond acceptors (Lipinski definition) is 10. The molecule has 0 aliphatic rings. The molecule has 0 fully saturated rings. The molecular weight excluding hydrogens is 538 g/mol. The van der Waals surface area contributed by atoms with Crippen LogP contribution in [0.3, 0.4) is 0 Å². The van der Waals surface area contributed by atoms with Crippen LogP contribution in [0.2, 0.25) is 0 Å². The number of carbonyl (C=O) groups is 1. The normalized spacial score (nSPS) is 12.5. The molecule has 0 radical (unpaired) electrons. The summed E-state index contributed by atoms with van der Waals surface area (Å²) in [6.07, 6.45) is 1.58. The first-order valence-corrected chi connectivity index (χ1v) is 12.4. The lowest BCUT2D eigenvalue weighted by atomic mass is 10.1. The summed E-state index contributed by atoms with van der Waals surface area (Å²) in [5, 5.41) is 21.6. The number of halogens is 2. The molecule has 5 rings (SSSR count). The van der Waals surface area contributed by atoms with Gasteiger partial charge in [-0.05, 0) is 29.2 Å². The molecule has 2 N–H and O–H groups in total. The summed E-state index contributed by atoms with van der Waals surface area (Å²) < 4.78 is 43.8. The Bertz CT molecular complexity index is 1510. The van der Waals surface area contributed by atoms with Gasteiger partial charge in [-0.3, -0.25) is 0 Å². The standard InChI is InChI=1S/C16H15FN4O3.C11H11FN4O/c1-2-23-16(22)14-10-21(20-18-14)9-11-3-5-12(6-4-11)15(17)13-7-8-24-19-13;12-11(10-5-6-17-15-10)9-3-1-8(2-4-9)7-14-16-13/h3-8,10,15H,2,9H2,1H3;1-6,11H,7H2,(H2,13,14). The average Bonchev–Trinajstić information content (AvgIpc) is 3.80. The maximum absolute atomic E-state index is 14.2. The fourth-order valence-electron chi connectivity index (χ4n) is 3.61. The molecule has 0 aliphatic heterocycles. The Kier molecular flexibility index (Phi) is 9.96. The highest BCUT2D eigenvalue weighted by molar-refractivity contribution is 5.86. The van der Waals surface area contributed by atoms with Gasteiger partial charge in [0.05, 0.1) is 25.9 Å². The topological polar surface area (TPSA) is 160 Å². The Morgan fingerprint density at radius 3 is 1.98 bits per heavy atom. The van der Waals surface area contributed by atoms with E-state index in [2.05, 4.69) is 40.0 Å². The molecule has 2 aromatic carbocycles. The molecule has 0 amide bonds. The SMILES string of the molecule is CCOC(=O)c1cn(Cc2ccc(C(F)c3ccon3)cc2)nn1.NN=NCc1ccc(C(F)c2ccon2)cc1. The van der Waals surface area contributed by atoms with Crippen LogP contribution in [0.25, 0.3) is 0 Å². The molecule has 3 heterocycles. The molecule has 0 bridgehead atoms. The lowest BCUT2D eigenvalue weighted by Crippen LogP contribution is -2.05. The van der Waals surface area contributed by atoms with Crippen LogP contribution in [0.5, 0.6) is 0 Å². The van der Waals surface area contributed by atoms with Crippen molar-refractivity contribution in [3.05, 3.63) is 119 Å². The van der Waals surface area contributed by atoms with Gasteiger partial charge in [0.1, 0.15) is 23.9 Å². The molecule has 0 saturated heterocycles. The van der Waals surface area contributed by atoms with Crippen molar-refractivity contribution >= 4 is 5.97 Å². The number of ether oxygens (including phenoxy) is 1. The van der Waals surface area contributed by atoms with Gasteiger partial charge in [0.15, 0.2) is 18.0 Å². The van der Waals surface area contributed by atoms with Gasteiger partial charge in [0.2, 0.25) is 0 Å². The number of carbonyl (C=O) groups excluding carboxylic acids is 1. The molecule has 2 atom stereocenters. The number of alkyl halides is 2. The van der Waals surface area contributed by atoms with E-state index in [9.17, 15) is 13.6 Å². The van der Waals surface area contributed by atoms with Crippen LogP contribution < -0.4 is 5.84 Å². The predicted molar refractivity (Wildman–Crippen MR) is 140 cm³/mol. The van der Waals surface area contributed by atoms with Crippen molar-refractivity contribution in [2.24, 2.45) is 16.2 Å². The van der Waals surface area contributed by atoms with Gasteiger partial charge in [0, 0.05) is 12.1 Å². The second-order valence-electron chi connectivity index (χ2n) is 8.49. The number of rotatable bonds is 10. The summed E-state index contributed by atoms with van der Waals surface area (Å²) in [5.74, 6) is 4.39. The van der Waals surface area contributed by atoms with Crippen molar-refractivity contribution in [1.29, 1.82) is 0 Å². The number of hydrogen-bond donors (Lipinski definition) is 1. The molecule has 3 aromatic heterocycles. The minimum Gasteiger partial charge on any atom is -0.461 e. The first-order valence-electron chi connectivity index (χ1n) is 12.4. The Labute approximate surface area is 232 Å². The molecule has 0 spiro atoms. The zero-order chi connectivity index (χ0) is 29.0. The molecule has 212 valence electrons. The van der Waals surface area contributed by atoms with Gasteiger partial charge in [-0.25, -0.2) is 18.3 Å². The lowest BCUT2D eigenvalue weighted by molar-refractivity contribution is 0.0519. The Morgan fingerprint density at radius 2 is 1.49 bits per heavy atom. The smallest absolute Gasteiger partial charge is 0.360 e. The highest BCUT2D eigenvalue weighted by Gasteiger charge is 2.17. The Morgan fingerprint density at radius 1 is 0.927 bits per heavy atom. The summed E-state index contributed by atoms with van der Waals surface area (Å²) >= 11 is 0. The van der Waals surface area contributed by atoms with E-state index in [4.69, 9.17) is 10.6 Å². The third kappa shape index (κ3) is 7.88. The fourth-order valence-corrected chi connectivity index (χ4v) is 3.61. The number of nitrogens with two attached hydrogens (primary N) is 1.